The minimum atomic E-state index is -0.414. The van der Waals surface area contributed by atoms with Crippen LogP contribution in [0.1, 0.15) is 28.9 Å². The van der Waals surface area contributed by atoms with E-state index < -0.39 is 5.97 Å². The minimum Gasteiger partial charge on any atom is -0.484 e. The lowest BCUT2D eigenvalue weighted by Gasteiger charge is -2.15. The fourth-order valence-electron chi connectivity index (χ4n) is 2.07. The first-order valence-electron chi connectivity index (χ1n) is 7.35. The van der Waals surface area contributed by atoms with Crippen molar-refractivity contribution >= 4 is 27.8 Å². The summed E-state index contributed by atoms with van der Waals surface area (Å²) in [7, 11) is 1.32. The van der Waals surface area contributed by atoms with Crippen LogP contribution in [0.2, 0.25) is 0 Å². The number of amides is 1. The Hall–Kier alpha value is -2.34. The molecule has 0 saturated heterocycles. The van der Waals surface area contributed by atoms with Crippen molar-refractivity contribution < 1.29 is 19.1 Å². The van der Waals surface area contributed by atoms with Crippen LogP contribution < -0.4 is 10.1 Å². The van der Waals surface area contributed by atoms with Gasteiger partial charge in [0.15, 0.2) is 6.61 Å². The van der Waals surface area contributed by atoms with E-state index >= 15 is 0 Å². The standard InChI is InChI=1S/C18H18BrNO4/c1-12(13-3-7-15(19)8-4-13)20-17(21)11-24-16-9-5-14(6-10-16)18(22)23-2/h3-10,12H,11H2,1-2H3,(H,20,21). The Morgan fingerprint density at radius 2 is 1.71 bits per heavy atom. The number of hydrogen-bond acceptors (Lipinski definition) is 4. The van der Waals surface area contributed by atoms with E-state index in [1.807, 2.05) is 31.2 Å². The molecule has 0 aliphatic heterocycles. The molecule has 24 heavy (non-hydrogen) atoms. The van der Waals surface area contributed by atoms with Gasteiger partial charge in [0.05, 0.1) is 18.7 Å². The predicted octanol–water partition coefficient (Wildman–Crippen LogP) is 3.49. The molecule has 1 amide bonds. The van der Waals surface area contributed by atoms with Gasteiger partial charge in [0.1, 0.15) is 5.75 Å². The van der Waals surface area contributed by atoms with Crippen LogP contribution in [0.4, 0.5) is 0 Å². The van der Waals surface area contributed by atoms with Crippen molar-refractivity contribution in [1.82, 2.24) is 5.32 Å². The molecule has 0 heterocycles. The minimum absolute atomic E-state index is 0.0988. The number of halogens is 1. The van der Waals surface area contributed by atoms with Gasteiger partial charge in [0, 0.05) is 4.47 Å². The Balaban J connectivity index is 1.84. The van der Waals surface area contributed by atoms with Gasteiger partial charge in [-0.1, -0.05) is 28.1 Å². The number of methoxy groups -OCH3 is 1. The summed E-state index contributed by atoms with van der Waals surface area (Å²) in [6.45, 7) is 1.81. The second kappa shape index (κ2) is 8.49. The summed E-state index contributed by atoms with van der Waals surface area (Å²) in [5.41, 5.74) is 1.44. The Morgan fingerprint density at radius 1 is 1.08 bits per heavy atom. The molecule has 0 fully saturated rings. The first-order chi connectivity index (χ1) is 11.5. The van der Waals surface area contributed by atoms with Crippen molar-refractivity contribution in [3.63, 3.8) is 0 Å². The molecule has 0 aromatic heterocycles. The van der Waals surface area contributed by atoms with E-state index in [2.05, 4.69) is 26.0 Å². The Kier molecular flexibility index (Phi) is 6.37. The lowest BCUT2D eigenvalue weighted by molar-refractivity contribution is -0.123. The summed E-state index contributed by atoms with van der Waals surface area (Å²) >= 11 is 3.38. The largest absolute Gasteiger partial charge is 0.484 e. The molecule has 1 atom stereocenters. The van der Waals surface area contributed by atoms with Crippen molar-refractivity contribution in [2.45, 2.75) is 13.0 Å². The number of carbonyl (C=O) groups excluding carboxylic acids is 2. The summed E-state index contributed by atoms with van der Waals surface area (Å²) in [4.78, 5) is 23.3. The molecular weight excluding hydrogens is 374 g/mol. The molecule has 0 spiro atoms. The quantitative estimate of drug-likeness (QED) is 0.765. The first-order valence-corrected chi connectivity index (χ1v) is 8.15. The van der Waals surface area contributed by atoms with E-state index in [0.29, 0.717) is 11.3 Å². The molecule has 1 unspecified atom stereocenters. The number of carbonyl (C=O) groups is 2. The summed E-state index contributed by atoms with van der Waals surface area (Å²) in [6.07, 6.45) is 0. The van der Waals surface area contributed by atoms with Crippen LogP contribution in [0.3, 0.4) is 0 Å². The Labute approximate surface area is 149 Å². The maximum absolute atomic E-state index is 12.0. The highest BCUT2D eigenvalue weighted by molar-refractivity contribution is 9.10. The van der Waals surface area contributed by atoms with Crippen molar-refractivity contribution in [3.05, 3.63) is 64.1 Å². The van der Waals surface area contributed by atoms with Gasteiger partial charge in [-0.05, 0) is 48.9 Å². The number of benzene rings is 2. The Morgan fingerprint density at radius 3 is 2.29 bits per heavy atom. The molecule has 2 rings (SSSR count). The average Bonchev–Trinajstić information content (AvgIpc) is 2.60. The third-order valence-corrected chi connectivity index (χ3v) is 3.92. The van der Waals surface area contributed by atoms with Crippen LogP contribution >= 0.6 is 15.9 Å². The SMILES string of the molecule is COC(=O)c1ccc(OCC(=O)NC(C)c2ccc(Br)cc2)cc1. The van der Waals surface area contributed by atoms with E-state index in [0.717, 1.165) is 10.0 Å². The van der Waals surface area contributed by atoms with Crippen molar-refractivity contribution in [2.75, 3.05) is 13.7 Å². The average molecular weight is 392 g/mol. The zero-order chi connectivity index (χ0) is 17.5. The normalized spacial score (nSPS) is 11.5. The summed E-state index contributed by atoms with van der Waals surface area (Å²) in [5, 5.41) is 2.87. The van der Waals surface area contributed by atoms with Crippen LogP contribution in [0.25, 0.3) is 0 Å². The number of nitrogens with one attached hydrogen (secondary N) is 1. The van der Waals surface area contributed by atoms with Crippen LogP contribution in [0.15, 0.2) is 53.0 Å². The van der Waals surface area contributed by atoms with Crippen LogP contribution in [-0.4, -0.2) is 25.6 Å². The highest BCUT2D eigenvalue weighted by Gasteiger charge is 2.10. The van der Waals surface area contributed by atoms with E-state index in [4.69, 9.17) is 4.74 Å². The molecule has 0 radical (unpaired) electrons. The maximum atomic E-state index is 12.0. The molecule has 5 nitrogen and oxygen atoms in total. The van der Waals surface area contributed by atoms with Gasteiger partial charge in [0.2, 0.25) is 0 Å². The molecule has 0 aliphatic rings. The highest BCUT2D eigenvalue weighted by atomic mass is 79.9. The maximum Gasteiger partial charge on any atom is 0.337 e. The van der Waals surface area contributed by atoms with Gasteiger partial charge in [-0.25, -0.2) is 4.79 Å². The summed E-state index contributed by atoms with van der Waals surface area (Å²) < 4.78 is 11.0. The zero-order valence-electron chi connectivity index (χ0n) is 13.4. The molecule has 2 aromatic carbocycles. The van der Waals surface area contributed by atoms with Gasteiger partial charge >= 0.3 is 5.97 Å². The molecular formula is C18H18BrNO4. The van der Waals surface area contributed by atoms with E-state index in [9.17, 15) is 9.59 Å². The molecule has 0 bridgehead atoms. The van der Waals surface area contributed by atoms with E-state index in [1.165, 1.54) is 7.11 Å². The molecule has 1 N–H and O–H groups in total. The fraction of sp³-hybridized carbons (Fsp3) is 0.222. The van der Waals surface area contributed by atoms with Crippen molar-refractivity contribution in [2.24, 2.45) is 0 Å². The molecule has 6 heteroatoms. The van der Waals surface area contributed by atoms with Crippen LogP contribution in [0.5, 0.6) is 5.75 Å². The van der Waals surface area contributed by atoms with Crippen LogP contribution in [0, 0.1) is 0 Å². The second-order valence-electron chi connectivity index (χ2n) is 5.15. The molecule has 0 saturated carbocycles. The zero-order valence-corrected chi connectivity index (χ0v) is 15.0. The Bertz CT molecular complexity index is 698. The van der Waals surface area contributed by atoms with Gasteiger partial charge in [-0.2, -0.15) is 0 Å². The predicted molar refractivity (Wildman–Crippen MR) is 94.0 cm³/mol. The number of esters is 1. The smallest absolute Gasteiger partial charge is 0.337 e. The van der Waals surface area contributed by atoms with E-state index in [1.54, 1.807) is 24.3 Å². The van der Waals surface area contributed by atoms with E-state index in [-0.39, 0.29) is 18.6 Å². The number of rotatable bonds is 6. The van der Waals surface area contributed by atoms with Gasteiger partial charge in [-0.3, -0.25) is 4.79 Å². The van der Waals surface area contributed by atoms with Crippen molar-refractivity contribution in [3.8, 4) is 5.75 Å². The van der Waals surface area contributed by atoms with Crippen LogP contribution in [-0.2, 0) is 9.53 Å². The monoisotopic (exact) mass is 391 g/mol. The molecule has 126 valence electrons. The number of ether oxygens (including phenoxy) is 2. The van der Waals surface area contributed by atoms with Gasteiger partial charge < -0.3 is 14.8 Å². The first kappa shape index (κ1) is 18.0. The summed E-state index contributed by atoms with van der Waals surface area (Å²) in [6, 6.07) is 14.1. The number of hydrogen-bond donors (Lipinski definition) is 1. The van der Waals surface area contributed by atoms with Crippen molar-refractivity contribution in [1.29, 1.82) is 0 Å². The topological polar surface area (TPSA) is 64.6 Å². The summed E-state index contributed by atoms with van der Waals surface area (Å²) in [5.74, 6) is -0.126. The third-order valence-electron chi connectivity index (χ3n) is 3.39. The lowest BCUT2D eigenvalue weighted by atomic mass is 10.1. The molecule has 2 aromatic rings. The second-order valence-corrected chi connectivity index (χ2v) is 6.06. The molecule has 0 aliphatic carbocycles. The highest BCUT2D eigenvalue weighted by Crippen LogP contribution is 2.17. The lowest BCUT2D eigenvalue weighted by Crippen LogP contribution is -2.31. The fourth-order valence-corrected chi connectivity index (χ4v) is 2.34. The third kappa shape index (κ3) is 5.09. The van der Waals surface area contributed by atoms with Gasteiger partial charge in [0.25, 0.3) is 5.91 Å². The van der Waals surface area contributed by atoms with Gasteiger partial charge in [-0.15, -0.1) is 0 Å².